The van der Waals surface area contributed by atoms with Crippen LogP contribution in [-0.2, 0) is 0 Å². The molecule has 0 amide bonds. The number of hydrogen-bond acceptors (Lipinski definition) is 3. The molecule has 0 aromatic heterocycles. The van der Waals surface area contributed by atoms with E-state index in [0.29, 0.717) is 12.8 Å². The number of carbonyl (C=O) groups is 1. The summed E-state index contributed by atoms with van der Waals surface area (Å²) in [5, 5.41) is 18.9. The Hall–Kier alpha value is -1.62. The zero-order chi connectivity index (χ0) is 13.8. The van der Waals surface area contributed by atoms with Gasteiger partial charge in [-0.05, 0) is 25.0 Å². The zero-order valence-corrected chi connectivity index (χ0v) is 10.4. The second-order valence-corrected chi connectivity index (χ2v) is 4.14. The summed E-state index contributed by atoms with van der Waals surface area (Å²) < 4.78 is 18.6. The lowest BCUT2D eigenvalue weighted by molar-refractivity contribution is -0.0118. The molecule has 4 nitrogen and oxygen atoms in total. The molecule has 1 rings (SSSR count). The lowest BCUT2D eigenvalue weighted by Crippen LogP contribution is -2.34. The molecule has 5 heteroatoms. The quantitative estimate of drug-likeness (QED) is 0.820. The van der Waals surface area contributed by atoms with Crippen LogP contribution in [0, 0.1) is 5.82 Å². The zero-order valence-electron chi connectivity index (χ0n) is 10.4. The average molecular weight is 256 g/mol. The Morgan fingerprint density at radius 2 is 2.00 bits per heavy atom. The Morgan fingerprint density at radius 3 is 2.50 bits per heavy atom. The van der Waals surface area contributed by atoms with E-state index in [9.17, 15) is 14.3 Å². The van der Waals surface area contributed by atoms with Gasteiger partial charge < -0.3 is 14.9 Å². The fourth-order valence-corrected chi connectivity index (χ4v) is 1.50. The van der Waals surface area contributed by atoms with Crippen LogP contribution in [0.3, 0.4) is 0 Å². The first kappa shape index (κ1) is 14.4. The van der Waals surface area contributed by atoms with Gasteiger partial charge in [0.15, 0.2) is 0 Å². The molecule has 0 heterocycles. The molecule has 0 radical (unpaired) electrons. The Labute approximate surface area is 105 Å². The van der Waals surface area contributed by atoms with Crippen molar-refractivity contribution in [1.29, 1.82) is 0 Å². The summed E-state index contributed by atoms with van der Waals surface area (Å²) in [7, 11) is 0. The van der Waals surface area contributed by atoms with E-state index in [1.54, 1.807) is 13.8 Å². The van der Waals surface area contributed by atoms with E-state index in [1.165, 1.54) is 12.1 Å². The summed E-state index contributed by atoms with van der Waals surface area (Å²) >= 11 is 0. The molecule has 0 saturated carbocycles. The molecule has 100 valence electrons. The molecule has 0 bridgehead atoms. The molecule has 0 aliphatic heterocycles. The van der Waals surface area contributed by atoms with Crippen molar-refractivity contribution < 1.29 is 24.1 Å². The molecule has 0 aliphatic carbocycles. The smallest absolute Gasteiger partial charge is 0.342 e. The van der Waals surface area contributed by atoms with Gasteiger partial charge in [-0.25, -0.2) is 9.18 Å². The summed E-state index contributed by atoms with van der Waals surface area (Å²) in [4.78, 5) is 10.9. The standard InChI is InChI=1S/C13H17FO4/c1-3-13(17,4-2)8-18-10-7-5-6-9(14)11(10)12(15)16/h5-7,17H,3-4,8H2,1-2H3,(H,15,16). The first-order valence-corrected chi connectivity index (χ1v) is 5.80. The second kappa shape index (κ2) is 5.82. The summed E-state index contributed by atoms with van der Waals surface area (Å²) in [5.41, 5.74) is -1.53. The van der Waals surface area contributed by atoms with Crippen LogP contribution in [0.5, 0.6) is 5.75 Å². The maximum absolute atomic E-state index is 13.4. The van der Waals surface area contributed by atoms with Crippen molar-refractivity contribution in [3.63, 3.8) is 0 Å². The van der Waals surface area contributed by atoms with Gasteiger partial charge in [-0.2, -0.15) is 0 Å². The third-order valence-corrected chi connectivity index (χ3v) is 3.00. The topological polar surface area (TPSA) is 66.8 Å². The molecule has 1 aromatic rings. The molecular weight excluding hydrogens is 239 g/mol. The van der Waals surface area contributed by atoms with Crippen LogP contribution in [0.4, 0.5) is 4.39 Å². The average Bonchev–Trinajstić information content (AvgIpc) is 2.35. The maximum Gasteiger partial charge on any atom is 0.342 e. The minimum Gasteiger partial charge on any atom is -0.490 e. The van der Waals surface area contributed by atoms with Crippen molar-refractivity contribution in [2.24, 2.45) is 0 Å². The van der Waals surface area contributed by atoms with Crippen molar-refractivity contribution in [3.05, 3.63) is 29.6 Å². The van der Waals surface area contributed by atoms with E-state index >= 15 is 0 Å². The van der Waals surface area contributed by atoms with Crippen LogP contribution >= 0.6 is 0 Å². The van der Waals surface area contributed by atoms with E-state index in [-0.39, 0.29) is 12.4 Å². The van der Waals surface area contributed by atoms with Gasteiger partial charge in [0.2, 0.25) is 0 Å². The predicted octanol–water partition coefficient (Wildman–Crippen LogP) is 2.45. The normalized spacial score (nSPS) is 11.3. The van der Waals surface area contributed by atoms with Crippen molar-refractivity contribution in [2.75, 3.05) is 6.61 Å². The third kappa shape index (κ3) is 3.20. The highest BCUT2D eigenvalue weighted by Crippen LogP contribution is 2.24. The molecular formula is C13H17FO4. The number of hydrogen-bond donors (Lipinski definition) is 2. The number of carboxylic acid groups (broad SMARTS) is 1. The lowest BCUT2D eigenvalue weighted by Gasteiger charge is -2.25. The van der Waals surface area contributed by atoms with Gasteiger partial charge in [-0.1, -0.05) is 19.9 Å². The molecule has 0 unspecified atom stereocenters. The van der Waals surface area contributed by atoms with E-state index in [4.69, 9.17) is 9.84 Å². The first-order valence-electron chi connectivity index (χ1n) is 5.80. The number of benzene rings is 1. The van der Waals surface area contributed by atoms with E-state index in [2.05, 4.69) is 0 Å². The Bertz CT molecular complexity index is 427. The number of aliphatic hydroxyl groups is 1. The van der Waals surface area contributed by atoms with Gasteiger partial charge >= 0.3 is 5.97 Å². The van der Waals surface area contributed by atoms with Crippen molar-refractivity contribution in [3.8, 4) is 5.75 Å². The molecule has 0 saturated heterocycles. The highest BCUT2D eigenvalue weighted by molar-refractivity contribution is 5.91. The van der Waals surface area contributed by atoms with Crippen molar-refractivity contribution >= 4 is 5.97 Å². The highest BCUT2D eigenvalue weighted by atomic mass is 19.1. The first-order chi connectivity index (χ1) is 8.43. The van der Waals surface area contributed by atoms with Crippen LogP contribution in [-0.4, -0.2) is 28.4 Å². The number of aromatic carboxylic acids is 1. The van der Waals surface area contributed by atoms with Gasteiger partial charge in [-0.3, -0.25) is 0 Å². The minimum absolute atomic E-state index is 0.0657. The van der Waals surface area contributed by atoms with Crippen LogP contribution in [0.25, 0.3) is 0 Å². The van der Waals surface area contributed by atoms with Crippen LogP contribution in [0.15, 0.2) is 18.2 Å². The largest absolute Gasteiger partial charge is 0.490 e. The molecule has 0 atom stereocenters. The van der Waals surface area contributed by atoms with Gasteiger partial charge in [0, 0.05) is 0 Å². The Balaban J connectivity index is 2.92. The van der Waals surface area contributed by atoms with Crippen LogP contribution < -0.4 is 4.74 Å². The summed E-state index contributed by atoms with van der Waals surface area (Å²) in [6.07, 6.45) is 0.947. The maximum atomic E-state index is 13.4. The van der Waals surface area contributed by atoms with Crippen LogP contribution in [0.2, 0.25) is 0 Å². The second-order valence-electron chi connectivity index (χ2n) is 4.14. The fraction of sp³-hybridized carbons (Fsp3) is 0.462. The van der Waals surface area contributed by atoms with Gasteiger partial charge in [-0.15, -0.1) is 0 Å². The van der Waals surface area contributed by atoms with Gasteiger partial charge in [0.05, 0.1) is 5.60 Å². The van der Waals surface area contributed by atoms with Crippen molar-refractivity contribution in [2.45, 2.75) is 32.3 Å². The Kier molecular flexibility index (Phi) is 4.67. The summed E-state index contributed by atoms with van der Waals surface area (Å²) in [6.45, 7) is 3.54. The number of rotatable bonds is 6. The number of carboxylic acids is 1. The molecule has 0 fully saturated rings. The SMILES string of the molecule is CCC(O)(CC)COc1cccc(F)c1C(=O)O. The molecule has 0 spiro atoms. The summed E-state index contributed by atoms with van der Waals surface area (Å²) in [5.74, 6) is -2.31. The monoisotopic (exact) mass is 256 g/mol. The molecule has 1 aromatic carbocycles. The van der Waals surface area contributed by atoms with E-state index < -0.39 is 23.0 Å². The van der Waals surface area contributed by atoms with E-state index in [1.807, 2.05) is 0 Å². The molecule has 18 heavy (non-hydrogen) atoms. The van der Waals surface area contributed by atoms with Crippen LogP contribution in [0.1, 0.15) is 37.0 Å². The molecule has 2 N–H and O–H groups in total. The molecule has 0 aliphatic rings. The fourth-order valence-electron chi connectivity index (χ4n) is 1.50. The van der Waals surface area contributed by atoms with Gasteiger partial charge in [0.25, 0.3) is 0 Å². The van der Waals surface area contributed by atoms with E-state index in [0.717, 1.165) is 6.07 Å². The minimum atomic E-state index is -1.39. The highest BCUT2D eigenvalue weighted by Gasteiger charge is 2.25. The number of halogens is 1. The predicted molar refractivity (Wildman–Crippen MR) is 64.4 cm³/mol. The van der Waals surface area contributed by atoms with Gasteiger partial charge in [0.1, 0.15) is 23.7 Å². The lowest BCUT2D eigenvalue weighted by atomic mass is 9.99. The van der Waals surface area contributed by atoms with Crippen molar-refractivity contribution in [1.82, 2.24) is 0 Å². The third-order valence-electron chi connectivity index (χ3n) is 3.00. The Morgan fingerprint density at radius 1 is 1.39 bits per heavy atom. The number of ether oxygens (including phenoxy) is 1. The summed E-state index contributed by atoms with van der Waals surface area (Å²) in [6, 6.07) is 3.80.